The van der Waals surface area contributed by atoms with Crippen LogP contribution in [0.15, 0.2) is 42.5 Å². The van der Waals surface area contributed by atoms with E-state index in [4.69, 9.17) is 14.2 Å². The van der Waals surface area contributed by atoms with Crippen LogP contribution < -0.4 is 24.4 Å². The molecule has 2 heterocycles. The topological polar surface area (TPSA) is 77.1 Å². The first-order valence-corrected chi connectivity index (χ1v) is 10.2. The average molecular weight is 410 g/mol. The third-order valence-corrected chi connectivity index (χ3v) is 5.38. The first-order chi connectivity index (χ1) is 14.5. The fourth-order valence-corrected chi connectivity index (χ4v) is 3.63. The predicted octanol–water partition coefficient (Wildman–Crippen LogP) is 3.09. The van der Waals surface area contributed by atoms with E-state index >= 15 is 0 Å². The Morgan fingerprint density at radius 1 is 1.17 bits per heavy atom. The SMILES string of the molecule is CC(C)c1ccc(OCC(=O)NCC2CC(=O)N(c3ccc4c(c3)OCO4)C2)cc1. The maximum atomic E-state index is 12.4. The van der Waals surface area contributed by atoms with Gasteiger partial charge in [-0.1, -0.05) is 26.0 Å². The number of hydrogen-bond donors (Lipinski definition) is 1. The van der Waals surface area contributed by atoms with Gasteiger partial charge in [0, 0.05) is 37.2 Å². The van der Waals surface area contributed by atoms with Crippen LogP contribution in [0, 0.1) is 5.92 Å². The van der Waals surface area contributed by atoms with Crippen molar-refractivity contribution in [3.63, 3.8) is 0 Å². The van der Waals surface area contributed by atoms with Crippen LogP contribution in [0.1, 0.15) is 31.7 Å². The van der Waals surface area contributed by atoms with Crippen molar-refractivity contribution in [1.82, 2.24) is 5.32 Å². The lowest BCUT2D eigenvalue weighted by Crippen LogP contribution is -2.34. The summed E-state index contributed by atoms with van der Waals surface area (Å²) in [5.74, 6) is 2.35. The summed E-state index contributed by atoms with van der Waals surface area (Å²) in [7, 11) is 0. The number of carbonyl (C=O) groups is 2. The highest BCUT2D eigenvalue weighted by Gasteiger charge is 2.31. The van der Waals surface area contributed by atoms with Crippen LogP contribution in [0.2, 0.25) is 0 Å². The second-order valence-corrected chi connectivity index (χ2v) is 7.93. The van der Waals surface area contributed by atoms with Crippen molar-refractivity contribution in [2.45, 2.75) is 26.2 Å². The van der Waals surface area contributed by atoms with E-state index in [0.29, 0.717) is 42.7 Å². The minimum absolute atomic E-state index is 0.0367. The molecule has 7 nitrogen and oxygen atoms in total. The van der Waals surface area contributed by atoms with Gasteiger partial charge < -0.3 is 24.4 Å². The molecule has 0 aliphatic carbocycles. The zero-order chi connectivity index (χ0) is 21.1. The Labute approximate surface area is 175 Å². The minimum atomic E-state index is -0.197. The molecule has 0 radical (unpaired) electrons. The number of carbonyl (C=O) groups excluding carboxylic acids is 2. The van der Waals surface area contributed by atoms with Gasteiger partial charge >= 0.3 is 0 Å². The largest absolute Gasteiger partial charge is 0.484 e. The summed E-state index contributed by atoms with van der Waals surface area (Å²) in [4.78, 5) is 26.3. The van der Waals surface area contributed by atoms with Gasteiger partial charge in [-0.2, -0.15) is 0 Å². The molecular weight excluding hydrogens is 384 g/mol. The maximum Gasteiger partial charge on any atom is 0.257 e. The molecule has 1 fully saturated rings. The van der Waals surface area contributed by atoms with Crippen LogP contribution in [-0.2, 0) is 9.59 Å². The van der Waals surface area contributed by atoms with E-state index in [1.165, 1.54) is 5.56 Å². The Kier molecular flexibility index (Phi) is 5.79. The molecule has 0 aromatic heterocycles. The van der Waals surface area contributed by atoms with Gasteiger partial charge in [-0.3, -0.25) is 9.59 Å². The summed E-state index contributed by atoms with van der Waals surface area (Å²) < 4.78 is 16.3. The van der Waals surface area contributed by atoms with Crippen molar-refractivity contribution in [2.75, 3.05) is 31.4 Å². The summed E-state index contributed by atoms with van der Waals surface area (Å²) in [6.07, 6.45) is 0.395. The molecule has 30 heavy (non-hydrogen) atoms. The molecule has 2 aliphatic rings. The molecule has 7 heteroatoms. The molecule has 4 rings (SSSR count). The molecule has 0 saturated carbocycles. The minimum Gasteiger partial charge on any atom is -0.484 e. The average Bonchev–Trinajstić information content (AvgIpc) is 3.36. The standard InChI is InChI=1S/C23H26N2O5/c1-15(2)17-3-6-19(7-4-17)28-13-22(26)24-11-16-9-23(27)25(12-16)18-5-8-20-21(10-18)30-14-29-20/h3-8,10,15-16H,9,11-14H2,1-2H3,(H,24,26). The molecule has 1 unspecified atom stereocenters. The van der Waals surface area contributed by atoms with E-state index in [9.17, 15) is 9.59 Å². The Balaban J connectivity index is 1.24. The van der Waals surface area contributed by atoms with E-state index in [1.807, 2.05) is 42.5 Å². The van der Waals surface area contributed by atoms with Gasteiger partial charge in [0.05, 0.1) is 0 Å². The first kappa shape index (κ1) is 20.1. The number of anilines is 1. The third kappa shape index (κ3) is 4.50. The number of hydrogen-bond acceptors (Lipinski definition) is 5. The molecule has 2 aromatic rings. The van der Waals surface area contributed by atoms with Crippen molar-refractivity contribution in [3.8, 4) is 17.2 Å². The number of nitrogens with zero attached hydrogens (tertiary/aromatic N) is 1. The summed E-state index contributed by atoms with van der Waals surface area (Å²) >= 11 is 0. The highest BCUT2D eigenvalue weighted by molar-refractivity contribution is 5.96. The fourth-order valence-electron chi connectivity index (χ4n) is 3.63. The van der Waals surface area contributed by atoms with Crippen molar-refractivity contribution in [3.05, 3.63) is 48.0 Å². The zero-order valence-electron chi connectivity index (χ0n) is 17.2. The summed E-state index contributed by atoms with van der Waals surface area (Å²) in [6, 6.07) is 13.2. The number of rotatable bonds is 7. The van der Waals surface area contributed by atoms with Crippen molar-refractivity contribution < 1.29 is 23.8 Å². The van der Waals surface area contributed by atoms with Crippen molar-refractivity contribution >= 4 is 17.5 Å². The second-order valence-electron chi connectivity index (χ2n) is 7.93. The maximum absolute atomic E-state index is 12.4. The number of amides is 2. The summed E-state index contributed by atoms with van der Waals surface area (Å²) in [5.41, 5.74) is 2.01. The highest BCUT2D eigenvalue weighted by atomic mass is 16.7. The van der Waals surface area contributed by atoms with Gasteiger partial charge in [-0.05, 0) is 35.7 Å². The van der Waals surface area contributed by atoms with Gasteiger partial charge in [0.2, 0.25) is 12.7 Å². The third-order valence-electron chi connectivity index (χ3n) is 5.38. The first-order valence-electron chi connectivity index (χ1n) is 10.2. The molecular formula is C23H26N2O5. The van der Waals surface area contributed by atoms with E-state index in [-0.39, 0.29) is 31.1 Å². The van der Waals surface area contributed by atoms with Crippen LogP contribution in [0.25, 0.3) is 0 Å². The van der Waals surface area contributed by atoms with Crippen LogP contribution in [0.4, 0.5) is 5.69 Å². The second kappa shape index (κ2) is 8.65. The normalized spacial score (nSPS) is 17.5. The highest BCUT2D eigenvalue weighted by Crippen LogP contribution is 2.37. The number of benzene rings is 2. The number of ether oxygens (including phenoxy) is 3. The Morgan fingerprint density at radius 3 is 2.70 bits per heavy atom. The molecule has 2 aromatic carbocycles. The van der Waals surface area contributed by atoms with Crippen LogP contribution in [-0.4, -0.2) is 38.3 Å². The molecule has 0 bridgehead atoms. The lowest BCUT2D eigenvalue weighted by molar-refractivity contribution is -0.123. The van der Waals surface area contributed by atoms with Crippen LogP contribution >= 0.6 is 0 Å². The zero-order valence-corrected chi connectivity index (χ0v) is 17.2. The Hall–Kier alpha value is -3.22. The van der Waals surface area contributed by atoms with E-state index in [1.54, 1.807) is 4.90 Å². The molecule has 158 valence electrons. The van der Waals surface area contributed by atoms with Crippen molar-refractivity contribution in [2.24, 2.45) is 5.92 Å². The van der Waals surface area contributed by atoms with Gasteiger partial charge in [0.15, 0.2) is 18.1 Å². The van der Waals surface area contributed by atoms with E-state index < -0.39 is 0 Å². The number of nitrogens with one attached hydrogen (secondary N) is 1. The summed E-state index contributed by atoms with van der Waals surface area (Å²) in [6.45, 7) is 5.39. The molecule has 0 spiro atoms. The monoisotopic (exact) mass is 410 g/mol. The van der Waals surface area contributed by atoms with Crippen LogP contribution in [0.3, 0.4) is 0 Å². The lowest BCUT2D eigenvalue weighted by atomic mass is 10.0. The molecule has 2 amide bonds. The van der Waals surface area contributed by atoms with Gasteiger partial charge in [0.1, 0.15) is 5.75 Å². The lowest BCUT2D eigenvalue weighted by Gasteiger charge is -2.17. The molecule has 1 atom stereocenters. The van der Waals surface area contributed by atoms with Gasteiger partial charge in [-0.15, -0.1) is 0 Å². The van der Waals surface area contributed by atoms with Crippen LogP contribution in [0.5, 0.6) is 17.2 Å². The number of fused-ring (bicyclic) bond motifs is 1. The Bertz CT molecular complexity index is 926. The van der Waals surface area contributed by atoms with Gasteiger partial charge in [0.25, 0.3) is 5.91 Å². The van der Waals surface area contributed by atoms with E-state index in [2.05, 4.69) is 19.2 Å². The molecule has 1 saturated heterocycles. The molecule has 1 N–H and O–H groups in total. The quantitative estimate of drug-likeness (QED) is 0.759. The Morgan fingerprint density at radius 2 is 1.93 bits per heavy atom. The fraction of sp³-hybridized carbons (Fsp3) is 0.391. The molecule has 2 aliphatic heterocycles. The van der Waals surface area contributed by atoms with E-state index in [0.717, 1.165) is 5.69 Å². The summed E-state index contributed by atoms with van der Waals surface area (Å²) in [5, 5.41) is 2.87. The van der Waals surface area contributed by atoms with Gasteiger partial charge in [-0.25, -0.2) is 0 Å². The van der Waals surface area contributed by atoms with Crippen molar-refractivity contribution in [1.29, 1.82) is 0 Å². The predicted molar refractivity (Wildman–Crippen MR) is 112 cm³/mol. The smallest absolute Gasteiger partial charge is 0.257 e.